The van der Waals surface area contributed by atoms with Gasteiger partial charge in [0.05, 0.1) is 23.3 Å². The molecule has 2 aromatic carbocycles. The Morgan fingerprint density at radius 1 is 1.03 bits per heavy atom. The van der Waals surface area contributed by atoms with Gasteiger partial charge in [-0.2, -0.15) is 0 Å². The Bertz CT molecular complexity index is 855. The Labute approximate surface area is 176 Å². The molecule has 0 bridgehead atoms. The van der Waals surface area contributed by atoms with E-state index in [0.29, 0.717) is 35.8 Å². The van der Waals surface area contributed by atoms with Crippen LogP contribution in [0.5, 0.6) is 0 Å². The zero-order valence-corrected chi connectivity index (χ0v) is 17.4. The van der Waals surface area contributed by atoms with E-state index in [0.717, 1.165) is 12.1 Å². The van der Waals surface area contributed by atoms with Crippen LogP contribution in [0, 0.1) is 5.92 Å². The first-order valence-electron chi connectivity index (χ1n) is 9.64. The van der Waals surface area contributed by atoms with E-state index in [-0.39, 0.29) is 23.8 Å². The standard InChI is InChI=1S/C22H26ClN3O3/c1-26(2)17-9-7-16(8-10-17)21(27)24-12-15-11-18(29-14-15)13-25-22(28)19-5-3-4-6-20(19)23/h3-10,15,18H,11-14H2,1-2H3,(H,24,27)(H,25,28). The zero-order chi connectivity index (χ0) is 20.8. The van der Waals surface area contributed by atoms with Gasteiger partial charge in [0.2, 0.25) is 0 Å². The molecule has 2 amide bonds. The highest BCUT2D eigenvalue weighted by atomic mass is 35.5. The van der Waals surface area contributed by atoms with Gasteiger partial charge in [-0.15, -0.1) is 0 Å². The molecule has 1 aliphatic heterocycles. The van der Waals surface area contributed by atoms with Crippen LogP contribution in [0.25, 0.3) is 0 Å². The second-order valence-electron chi connectivity index (χ2n) is 7.40. The second kappa shape index (κ2) is 9.76. The summed E-state index contributed by atoms with van der Waals surface area (Å²) >= 11 is 6.05. The Morgan fingerprint density at radius 3 is 2.41 bits per heavy atom. The molecule has 1 saturated heterocycles. The maximum Gasteiger partial charge on any atom is 0.252 e. The summed E-state index contributed by atoms with van der Waals surface area (Å²) in [6.07, 6.45) is 0.713. The first kappa shape index (κ1) is 21.1. The highest BCUT2D eigenvalue weighted by molar-refractivity contribution is 6.33. The largest absolute Gasteiger partial charge is 0.378 e. The number of halogens is 1. The molecule has 2 unspecified atom stereocenters. The van der Waals surface area contributed by atoms with Crippen LogP contribution >= 0.6 is 11.6 Å². The van der Waals surface area contributed by atoms with Gasteiger partial charge in [0.25, 0.3) is 11.8 Å². The lowest BCUT2D eigenvalue weighted by Crippen LogP contribution is -2.32. The molecule has 1 fully saturated rings. The number of nitrogens with zero attached hydrogens (tertiary/aromatic N) is 1. The number of amides is 2. The third-order valence-electron chi connectivity index (χ3n) is 4.97. The zero-order valence-electron chi connectivity index (χ0n) is 16.7. The summed E-state index contributed by atoms with van der Waals surface area (Å²) in [7, 11) is 3.92. The van der Waals surface area contributed by atoms with Gasteiger partial charge in [-0.25, -0.2) is 0 Å². The third kappa shape index (κ3) is 5.71. The van der Waals surface area contributed by atoms with Gasteiger partial charge in [0.1, 0.15) is 0 Å². The smallest absolute Gasteiger partial charge is 0.252 e. The van der Waals surface area contributed by atoms with Crippen LogP contribution in [0.1, 0.15) is 27.1 Å². The van der Waals surface area contributed by atoms with Gasteiger partial charge in [-0.1, -0.05) is 23.7 Å². The summed E-state index contributed by atoms with van der Waals surface area (Å²) in [5.41, 5.74) is 2.14. The highest BCUT2D eigenvalue weighted by Crippen LogP contribution is 2.20. The fraction of sp³-hybridized carbons (Fsp3) is 0.364. The molecule has 0 radical (unpaired) electrons. The van der Waals surface area contributed by atoms with E-state index in [1.54, 1.807) is 24.3 Å². The molecule has 2 N–H and O–H groups in total. The molecule has 7 heteroatoms. The molecule has 154 valence electrons. The topological polar surface area (TPSA) is 70.7 Å². The first-order chi connectivity index (χ1) is 13.9. The van der Waals surface area contributed by atoms with E-state index in [1.165, 1.54) is 0 Å². The molecule has 1 aliphatic rings. The van der Waals surface area contributed by atoms with Crippen molar-refractivity contribution in [2.24, 2.45) is 5.92 Å². The van der Waals surface area contributed by atoms with Gasteiger partial charge in [0, 0.05) is 44.4 Å². The third-order valence-corrected chi connectivity index (χ3v) is 5.30. The Balaban J connectivity index is 1.41. The molecule has 2 aromatic rings. The number of hydrogen-bond acceptors (Lipinski definition) is 4. The van der Waals surface area contributed by atoms with Gasteiger partial charge in [-0.3, -0.25) is 9.59 Å². The minimum atomic E-state index is -0.211. The van der Waals surface area contributed by atoms with Crippen molar-refractivity contribution in [2.75, 3.05) is 38.7 Å². The Hall–Kier alpha value is -2.57. The fourth-order valence-electron chi connectivity index (χ4n) is 3.26. The molecule has 6 nitrogen and oxygen atoms in total. The predicted molar refractivity (Wildman–Crippen MR) is 115 cm³/mol. The van der Waals surface area contributed by atoms with Crippen molar-refractivity contribution in [3.8, 4) is 0 Å². The molecule has 0 aromatic heterocycles. The number of rotatable bonds is 7. The molecule has 1 heterocycles. The van der Waals surface area contributed by atoms with Crippen molar-refractivity contribution in [3.63, 3.8) is 0 Å². The summed E-state index contributed by atoms with van der Waals surface area (Å²) in [4.78, 5) is 26.6. The fourth-order valence-corrected chi connectivity index (χ4v) is 3.48. The number of anilines is 1. The number of carbonyl (C=O) groups excluding carboxylic acids is 2. The van der Waals surface area contributed by atoms with Crippen molar-refractivity contribution in [2.45, 2.75) is 12.5 Å². The summed E-state index contributed by atoms with van der Waals surface area (Å²) in [6, 6.07) is 14.4. The van der Waals surface area contributed by atoms with Crippen molar-refractivity contribution in [3.05, 3.63) is 64.7 Å². The lowest BCUT2D eigenvalue weighted by atomic mass is 10.1. The van der Waals surface area contributed by atoms with Crippen LogP contribution < -0.4 is 15.5 Å². The van der Waals surface area contributed by atoms with Crippen molar-refractivity contribution < 1.29 is 14.3 Å². The van der Waals surface area contributed by atoms with E-state index < -0.39 is 0 Å². The molecule has 29 heavy (non-hydrogen) atoms. The second-order valence-corrected chi connectivity index (χ2v) is 7.81. The molecule has 3 rings (SSSR count). The summed E-state index contributed by atoms with van der Waals surface area (Å²) < 4.78 is 5.76. The quantitative estimate of drug-likeness (QED) is 0.729. The van der Waals surface area contributed by atoms with E-state index >= 15 is 0 Å². The summed E-state index contributed by atoms with van der Waals surface area (Å²) in [5.74, 6) is -0.0786. The van der Waals surface area contributed by atoms with E-state index in [4.69, 9.17) is 16.3 Å². The lowest BCUT2D eigenvalue weighted by Gasteiger charge is -2.14. The normalized spacial score (nSPS) is 18.3. The monoisotopic (exact) mass is 415 g/mol. The lowest BCUT2D eigenvalue weighted by molar-refractivity contribution is 0.0843. The van der Waals surface area contributed by atoms with Crippen LogP contribution in [-0.2, 0) is 4.74 Å². The summed E-state index contributed by atoms with van der Waals surface area (Å²) in [5, 5.41) is 6.27. The minimum absolute atomic E-state index is 0.0669. The molecule has 0 spiro atoms. The van der Waals surface area contributed by atoms with Gasteiger partial charge >= 0.3 is 0 Å². The van der Waals surface area contributed by atoms with E-state index in [1.807, 2.05) is 43.3 Å². The van der Waals surface area contributed by atoms with Crippen molar-refractivity contribution in [1.29, 1.82) is 0 Å². The number of benzene rings is 2. The molecule has 0 saturated carbocycles. The average molecular weight is 416 g/mol. The maximum absolute atomic E-state index is 12.3. The number of ether oxygens (including phenoxy) is 1. The molecular weight excluding hydrogens is 390 g/mol. The molecular formula is C22H26ClN3O3. The maximum atomic E-state index is 12.3. The SMILES string of the molecule is CN(C)c1ccc(C(=O)NCC2COC(CNC(=O)c3ccccc3Cl)C2)cc1. The van der Waals surface area contributed by atoms with Crippen LogP contribution in [-0.4, -0.2) is 51.7 Å². The number of hydrogen-bond donors (Lipinski definition) is 2. The Kier molecular flexibility index (Phi) is 7.12. The summed E-state index contributed by atoms with van der Waals surface area (Å²) in [6.45, 7) is 1.52. The number of nitrogens with one attached hydrogen (secondary N) is 2. The van der Waals surface area contributed by atoms with E-state index in [2.05, 4.69) is 10.6 Å². The van der Waals surface area contributed by atoms with E-state index in [9.17, 15) is 9.59 Å². The minimum Gasteiger partial charge on any atom is -0.378 e. The van der Waals surface area contributed by atoms with Crippen LogP contribution in [0.15, 0.2) is 48.5 Å². The van der Waals surface area contributed by atoms with Crippen LogP contribution in [0.2, 0.25) is 5.02 Å². The van der Waals surface area contributed by atoms with Crippen LogP contribution in [0.3, 0.4) is 0 Å². The van der Waals surface area contributed by atoms with Gasteiger partial charge < -0.3 is 20.3 Å². The van der Waals surface area contributed by atoms with Gasteiger partial charge in [-0.05, 0) is 42.8 Å². The molecule has 0 aliphatic carbocycles. The number of carbonyl (C=O) groups is 2. The highest BCUT2D eigenvalue weighted by Gasteiger charge is 2.26. The van der Waals surface area contributed by atoms with Crippen molar-refractivity contribution in [1.82, 2.24) is 10.6 Å². The van der Waals surface area contributed by atoms with Crippen molar-refractivity contribution >= 4 is 29.1 Å². The predicted octanol–water partition coefficient (Wildman–Crippen LogP) is 2.97. The van der Waals surface area contributed by atoms with Crippen LogP contribution in [0.4, 0.5) is 5.69 Å². The first-order valence-corrected chi connectivity index (χ1v) is 10.0. The average Bonchev–Trinajstić information content (AvgIpc) is 3.18. The Morgan fingerprint density at radius 2 is 1.72 bits per heavy atom. The molecule has 2 atom stereocenters. The van der Waals surface area contributed by atoms with Gasteiger partial charge in [0.15, 0.2) is 0 Å².